The number of nitrogens with zero attached hydrogens (tertiary/aromatic N) is 2. The number of aliphatic carboxylic acids is 1. The van der Waals surface area contributed by atoms with Crippen LogP contribution in [0.2, 0.25) is 5.02 Å². The van der Waals surface area contributed by atoms with Crippen molar-refractivity contribution < 1.29 is 14.7 Å². The summed E-state index contributed by atoms with van der Waals surface area (Å²) in [6.45, 7) is 0. The van der Waals surface area contributed by atoms with Gasteiger partial charge in [0.2, 0.25) is 5.91 Å². The summed E-state index contributed by atoms with van der Waals surface area (Å²) >= 11 is 9.89. The van der Waals surface area contributed by atoms with Gasteiger partial charge in [0.1, 0.15) is 0 Å². The third-order valence-corrected chi connectivity index (χ3v) is 3.39. The Labute approximate surface area is 126 Å². The minimum absolute atomic E-state index is 0.152. The summed E-state index contributed by atoms with van der Waals surface area (Å²) in [4.78, 5) is 23.1. The third-order valence-electron chi connectivity index (χ3n) is 2.93. The molecule has 20 heavy (non-hydrogen) atoms. The Balaban J connectivity index is 2.29. The highest BCUT2D eigenvalue weighted by atomic mass is 35.5. The number of hydrogen-bond acceptors (Lipinski definition) is 4. The van der Waals surface area contributed by atoms with Gasteiger partial charge in [-0.2, -0.15) is 17.7 Å². The highest BCUT2D eigenvalue weighted by Crippen LogP contribution is 2.23. The fourth-order valence-electron chi connectivity index (χ4n) is 1.99. The minimum Gasteiger partial charge on any atom is -0.480 e. The van der Waals surface area contributed by atoms with E-state index < -0.39 is 12.0 Å². The molecule has 0 bridgehead atoms. The van der Waals surface area contributed by atoms with Crippen molar-refractivity contribution in [1.82, 2.24) is 5.01 Å². The number of hydrazone groups is 1. The molecule has 1 atom stereocenters. The molecule has 2 rings (SSSR count). The fraction of sp³-hybridized carbons (Fsp3) is 0.308. The van der Waals surface area contributed by atoms with Crippen LogP contribution in [0.5, 0.6) is 0 Å². The number of hydrogen-bond donors (Lipinski definition) is 2. The summed E-state index contributed by atoms with van der Waals surface area (Å²) in [7, 11) is 0. The molecular weight excluding hydrogens is 300 g/mol. The van der Waals surface area contributed by atoms with Crippen molar-refractivity contribution >= 4 is 41.8 Å². The smallest absolute Gasteiger partial charge is 0.329 e. The van der Waals surface area contributed by atoms with Crippen molar-refractivity contribution in [1.29, 1.82) is 0 Å². The molecule has 1 aliphatic rings. The number of benzene rings is 1. The molecule has 0 radical (unpaired) electrons. The molecule has 1 unspecified atom stereocenters. The van der Waals surface area contributed by atoms with Crippen molar-refractivity contribution in [3.05, 3.63) is 34.9 Å². The first-order chi connectivity index (χ1) is 9.52. The second kappa shape index (κ2) is 6.28. The van der Waals surface area contributed by atoms with E-state index in [1.165, 1.54) is 0 Å². The molecule has 1 N–H and O–H groups in total. The highest BCUT2D eigenvalue weighted by molar-refractivity contribution is 7.80. The first-order valence-electron chi connectivity index (χ1n) is 6.02. The lowest BCUT2D eigenvalue weighted by atomic mass is 10.0. The van der Waals surface area contributed by atoms with Gasteiger partial charge in [-0.1, -0.05) is 23.7 Å². The van der Waals surface area contributed by atoms with Crippen LogP contribution in [0, 0.1) is 0 Å². The van der Waals surface area contributed by atoms with Gasteiger partial charge in [-0.15, -0.1) is 0 Å². The molecule has 106 valence electrons. The quantitative estimate of drug-likeness (QED) is 0.836. The maximum Gasteiger partial charge on any atom is 0.329 e. The van der Waals surface area contributed by atoms with Crippen LogP contribution in [0.3, 0.4) is 0 Å². The van der Waals surface area contributed by atoms with Gasteiger partial charge in [0.15, 0.2) is 6.04 Å². The lowest BCUT2D eigenvalue weighted by Crippen LogP contribution is -2.38. The van der Waals surface area contributed by atoms with E-state index in [-0.39, 0.29) is 18.7 Å². The zero-order chi connectivity index (χ0) is 14.7. The molecule has 1 amide bonds. The Hall–Kier alpha value is -1.53. The molecule has 0 spiro atoms. The average Bonchev–Trinajstić information content (AvgIpc) is 2.84. The molecule has 1 aromatic rings. The maximum absolute atomic E-state index is 11.9. The number of carboxylic acids is 1. The van der Waals surface area contributed by atoms with Crippen LogP contribution in [0.15, 0.2) is 29.4 Å². The number of carbonyl (C=O) groups excluding carboxylic acids is 1. The number of amides is 1. The Bertz CT molecular complexity index is 576. The number of carboxylic acid groups (broad SMARTS) is 1. The predicted molar refractivity (Wildman–Crippen MR) is 79.3 cm³/mol. The van der Waals surface area contributed by atoms with Gasteiger partial charge in [-0.25, -0.2) is 9.80 Å². The van der Waals surface area contributed by atoms with Crippen molar-refractivity contribution in [2.24, 2.45) is 5.10 Å². The van der Waals surface area contributed by atoms with Gasteiger partial charge in [0, 0.05) is 17.9 Å². The number of carbonyl (C=O) groups is 2. The van der Waals surface area contributed by atoms with Crippen molar-refractivity contribution in [2.75, 3.05) is 5.75 Å². The van der Waals surface area contributed by atoms with Crippen molar-refractivity contribution in [2.45, 2.75) is 18.9 Å². The summed E-state index contributed by atoms with van der Waals surface area (Å²) in [5, 5.41) is 14.9. The minimum atomic E-state index is -1.07. The molecule has 0 fully saturated rings. The molecule has 0 aliphatic carbocycles. The zero-order valence-electron chi connectivity index (χ0n) is 10.5. The second-order valence-corrected chi connectivity index (χ2v) is 5.21. The van der Waals surface area contributed by atoms with Crippen LogP contribution < -0.4 is 0 Å². The summed E-state index contributed by atoms with van der Waals surface area (Å²) in [6, 6.07) is 6.01. The largest absolute Gasteiger partial charge is 0.480 e. The predicted octanol–water partition coefficient (Wildman–Crippen LogP) is 2.05. The molecule has 0 saturated carbocycles. The zero-order valence-corrected chi connectivity index (χ0v) is 12.1. The first-order valence-corrected chi connectivity index (χ1v) is 7.03. The van der Waals surface area contributed by atoms with E-state index in [9.17, 15) is 14.7 Å². The van der Waals surface area contributed by atoms with Crippen LogP contribution >= 0.6 is 24.2 Å². The molecule has 0 aromatic heterocycles. The molecular formula is C13H13ClN2O3S. The number of halogens is 1. The molecule has 0 saturated heterocycles. The summed E-state index contributed by atoms with van der Waals surface area (Å²) in [5.41, 5.74) is 1.28. The lowest BCUT2D eigenvalue weighted by Gasteiger charge is -2.17. The van der Waals surface area contributed by atoms with Gasteiger partial charge in [-0.3, -0.25) is 4.79 Å². The highest BCUT2D eigenvalue weighted by Gasteiger charge is 2.36. The Morgan fingerprint density at radius 2 is 2.25 bits per heavy atom. The summed E-state index contributed by atoms with van der Waals surface area (Å²) in [6.07, 6.45) is 0.327. The van der Waals surface area contributed by atoms with Crippen LogP contribution in [0.25, 0.3) is 0 Å². The lowest BCUT2D eigenvalue weighted by molar-refractivity contribution is -0.148. The van der Waals surface area contributed by atoms with E-state index in [0.717, 1.165) is 10.6 Å². The Kier molecular flexibility index (Phi) is 4.67. The standard InChI is InChI=1S/C13H13ClN2O3S/c14-9-3-1-2-8(6-9)10-7-11(13(18)19)16(15-10)12(17)4-5-20/h1-3,6,11,20H,4-5,7H2,(H,18,19). The van der Waals surface area contributed by atoms with E-state index >= 15 is 0 Å². The van der Waals surface area contributed by atoms with Crippen LogP contribution in [-0.4, -0.2) is 39.5 Å². The molecule has 7 heteroatoms. The molecule has 1 aliphatic heterocycles. The Morgan fingerprint density at radius 1 is 1.50 bits per heavy atom. The van der Waals surface area contributed by atoms with E-state index in [4.69, 9.17) is 11.6 Å². The molecule has 1 aromatic carbocycles. The molecule has 5 nitrogen and oxygen atoms in total. The van der Waals surface area contributed by atoms with E-state index in [1.54, 1.807) is 24.3 Å². The van der Waals surface area contributed by atoms with E-state index in [2.05, 4.69) is 17.7 Å². The second-order valence-electron chi connectivity index (χ2n) is 4.33. The van der Waals surface area contributed by atoms with Gasteiger partial charge >= 0.3 is 5.97 Å². The average molecular weight is 313 g/mol. The van der Waals surface area contributed by atoms with Gasteiger partial charge in [0.25, 0.3) is 0 Å². The fourth-order valence-corrected chi connectivity index (χ4v) is 2.37. The number of thiol groups is 1. The van der Waals surface area contributed by atoms with Gasteiger partial charge in [-0.05, 0) is 23.4 Å². The number of rotatable bonds is 4. The van der Waals surface area contributed by atoms with Gasteiger partial charge in [0.05, 0.1) is 5.71 Å². The normalized spacial score (nSPS) is 18.0. The third kappa shape index (κ3) is 3.13. The van der Waals surface area contributed by atoms with Gasteiger partial charge < -0.3 is 5.11 Å². The maximum atomic E-state index is 11.9. The first kappa shape index (κ1) is 14.9. The Morgan fingerprint density at radius 3 is 2.85 bits per heavy atom. The topological polar surface area (TPSA) is 70.0 Å². The van der Waals surface area contributed by atoms with Crippen LogP contribution in [0.4, 0.5) is 0 Å². The van der Waals surface area contributed by atoms with Crippen molar-refractivity contribution in [3.63, 3.8) is 0 Å². The summed E-state index contributed by atoms with van der Waals surface area (Å²) in [5.74, 6) is -1.06. The van der Waals surface area contributed by atoms with Crippen molar-refractivity contribution in [3.8, 4) is 0 Å². The van der Waals surface area contributed by atoms with Crippen LogP contribution in [-0.2, 0) is 9.59 Å². The monoisotopic (exact) mass is 312 g/mol. The molecule has 1 heterocycles. The van der Waals surface area contributed by atoms with Crippen LogP contribution in [0.1, 0.15) is 18.4 Å². The SMILES string of the molecule is O=C(O)C1CC(c2cccc(Cl)c2)=NN1C(=O)CCS. The summed E-state index contributed by atoms with van der Waals surface area (Å²) < 4.78 is 0. The van der Waals surface area contributed by atoms with E-state index in [0.29, 0.717) is 16.5 Å². The van der Waals surface area contributed by atoms with E-state index in [1.807, 2.05) is 0 Å².